The molecule has 0 bridgehead atoms. The van der Waals surface area contributed by atoms with Gasteiger partial charge in [-0.25, -0.2) is 0 Å². The van der Waals surface area contributed by atoms with Gasteiger partial charge < -0.3 is 14.4 Å². The molecule has 25 heavy (non-hydrogen) atoms. The predicted molar refractivity (Wildman–Crippen MR) is 95.3 cm³/mol. The summed E-state index contributed by atoms with van der Waals surface area (Å²) < 4.78 is 1.46. The lowest BCUT2D eigenvalue weighted by Gasteiger charge is -2.47. The van der Waals surface area contributed by atoms with Crippen molar-refractivity contribution in [3.05, 3.63) is 34.2 Å². The Balaban J connectivity index is 1.72. The van der Waals surface area contributed by atoms with Crippen LogP contribution in [0.5, 0.6) is 0 Å². The Morgan fingerprint density at radius 1 is 1.28 bits per heavy atom. The molecule has 2 atom stereocenters. The number of likely N-dealkylation sites (tertiary alicyclic amines) is 2. The quantitative estimate of drug-likeness (QED) is 0.834. The van der Waals surface area contributed by atoms with Crippen LogP contribution in [-0.2, 0) is 11.8 Å². The highest BCUT2D eigenvalue weighted by Crippen LogP contribution is 2.32. The van der Waals surface area contributed by atoms with Crippen LogP contribution in [-0.4, -0.2) is 51.9 Å². The van der Waals surface area contributed by atoms with Gasteiger partial charge in [-0.1, -0.05) is 13.8 Å². The van der Waals surface area contributed by atoms with Crippen LogP contribution >= 0.6 is 0 Å². The second-order valence-electron chi connectivity index (χ2n) is 7.71. The molecule has 0 saturated carbocycles. The van der Waals surface area contributed by atoms with Gasteiger partial charge in [0.25, 0.3) is 11.5 Å². The smallest absolute Gasteiger partial charge is 0.254 e. The van der Waals surface area contributed by atoms with Gasteiger partial charge in [-0.3, -0.25) is 14.4 Å². The van der Waals surface area contributed by atoms with Crippen LogP contribution in [0.4, 0.5) is 0 Å². The molecule has 0 aliphatic carbocycles. The maximum atomic E-state index is 12.8. The summed E-state index contributed by atoms with van der Waals surface area (Å²) in [5.41, 5.74) is 0.277. The molecule has 1 aromatic heterocycles. The highest BCUT2D eigenvalue weighted by molar-refractivity contribution is 5.94. The molecule has 2 amide bonds. The van der Waals surface area contributed by atoms with E-state index in [1.165, 1.54) is 10.6 Å². The van der Waals surface area contributed by atoms with Crippen LogP contribution in [0.15, 0.2) is 23.1 Å². The fraction of sp³-hybridized carbons (Fsp3) is 0.632. The van der Waals surface area contributed by atoms with Gasteiger partial charge in [0.05, 0.1) is 0 Å². The average molecular weight is 345 g/mol. The number of piperidine rings is 2. The standard InChI is InChI=1S/C19H27N3O3/c1-13(2)11-22-16-7-9-21(12-15(16)4-5-17(22)23)19(25)14-6-8-20(3)18(24)10-14/h6,8,10,13,15-16H,4-5,7,9,11-12H2,1-3H3/t15-,16+/m0/s1. The molecule has 0 radical (unpaired) electrons. The van der Waals surface area contributed by atoms with Crippen molar-refractivity contribution in [3.8, 4) is 0 Å². The van der Waals surface area contributed by atoms with Gasteiger partial charge in [-0.05, 0) is 30.7 Å². The molecule has 2 aliphatic rings. The minimum absolute atomic E-state index is 0.0801. The van der Waals surface area contributed by atoms with Crippen molar-refractivity contribution in [1.82, 2.24) is 14.4 Å². The first kappa shape index (κ1) is 17.7. The summed E-state index contributed by atoms with van der Waals surface area (Å²) in [5.74, 6) is 0.952. The molecule has 3 heterocycles. The van der Waals surface area contributed by atoms with Crippen molar-refractivity contribution in [2.75, 3.05) is 19.6 Å². The zero-order valence-electron chi connectivity index (χ0n) is 15.3. The Hall–Kier alpha value is -2.11. The van der Waals surface area contributed by atoms with E-state index in [0.717, 1.165) is 19.4 Å². The van der Waals surface area contributed by atoms with E-state index in [4.69, 9.17) is 0 Å². The van der Waals surface area contributed by atoms with E-state index < -0.39 is 0 Å². The fourth-order valence-electron chi connectivity index (χ4n) is 4.03. The largest absolute Gasteiger partial charge is 0.339 e. The van der Waals surface area contributed by atoms with Gasteiger partial charge in [-0.2, -0.15) is 0 Å². The van der Waals surface area contributed by atoms with Gasteiger partial charge in [0.15, 0.2) is 0 Å². The Bertz CT molecular complexity index is 725. The maximum absolute atomic E-state index is 12.8. The minimum atomic E-state index is -0.174. The number of hydrogen-bond acceptors (Lipinski definition) is 3. The molecule has 0 unspecified atom stereocenters. The van der Waals surface area contributed by atoms with E-state index in [0.29, 0.717) is 36.9 Å². The monoisotopic (exact) mass is 345 g/mol. The fourth-order valence-corrected chi connectivity index (χ4v) is 4.03. The molecule has 3 rings (SSSR count). The minimum Gasteiger partial charge on any atom is -0.339 e. The molecule has 0 N–H and O–H groups in total. The molecule has 2 aliphatic heterocycles. The second kappa shape index (κ2) is 7.02. The van der Waals surface area contributed by atoms with E-state index in [9.17, 15) is 14.4 Å². The van der Waals surface area contributed by atoms with Crippen molar-refractivity contribution < 1.29 is 9.59 Å². The highest BCUT2D eigenvalue weighted by atomic mass is 16.2. The van der Waals surface area contributed by atoms with Crippen LogP contribution < -0.4 is 5.56 Å². The maximum Gasteiger partial charge on any atom is 0.254 e. The lowest BCUT2D eigenvalue weighted by Crippen LogP contribution is -2.57. The van der Waals surface area contributed by atoms with E-state index in [2.05, 4.69) is 13.8 Å². The number of pyridine rings is 1. The van der Waals surface area contributed by atoms with Crippen molar-refractivity contribution in [1.29, 1.82) is 0 Å². The van der Waals surface area contributed by atoms with Gasteiger partial charge in [0.2, 0.25) is 5.91 Å². The number of nitrogens with zero attached hydrogens (tertiary/aromatic N) is 3. The van der Waals surface area contributed by atoms with E-state index >= 15 is 0 Å². The number of rotatable bonds is 3. The first-order valence-electron chi connectivity index (χ1n) is 9.12. The summed E-state index contributed by atoms with van der Waals surface area (Å²) in [5, 5.41) is 0. The summed E-state index contributed by atoms with van der Waals surface area (Å²) in [6.45, 7) is 6.36. The Morgan fingerprint density at radius 2 is 2.04 bits per heavy atom. The van der Waals surface area contributed by atoms with Gasteiger partial charge in [-0.15, -0.1) is 0 Å². The summed E-state index contributed by atoms with van der Waals surface area (Å²) >= 11 is 0. The van der Waals surface area contributed by atoms with Gasteiger partial charge in [0.1, 0.15) is 0 Å². The highest BCUT2D eigenvalue weighted by Gasteiger charge is 2.40. The zero-order valence-corrected chi connectivity index (χ0v) is 15.3. The van der Waals surface area contributed by atoms with Gasteiger partial charge >= 0.3 is 0 Å². The van der Waals surface area contributed by atoms with Crippen molar-refractivity contribution in [2.24, 2.45) is 18.9 Å². The van der Waals surface area contributed by atoms with Crippen molar-refractivity contribution >= 4 is 11.8 Å². The number of carbonyl (C=O) groups is 2. The predicted octanol–water partition coefficient (Wildman–Crippen LogP) is 1.49. The van der Waals surface area contributed by atoms with E-state index in [1.807, 2.05) is 9.80 Å². The third-order valence-electron chi connectivity index (χ3n) is 5.34. The van der Waals surface area contributed by atoms with Crippen LogP contribution in [0.1, 0.15) is 43.5 Å². The van der Waals surface area contributed by atoms with Crippen molar-refractivity contribution in [2.45, 2.75) is 39.2 Å². The second-order valence-corrected chi connectivity index (χ2v) is 7.71. The Labute approximate surface area is 148 Å². The number of aryl methyl sites for hydroxylation is 1. The molecule has 6 heteroatoms. The lowest BCUT2D eigenvalue weighted by atomic mass is 9.83. The molecule has 2 saturated heterocycles. The van der Waals surface area contributed by atoms with Crippen LogP contribution in [0, 0.1) is 11.8 Å². The molecular formula is C19H27N3O3. The van der Waals surface area contributed by atoms with E-state index in [-0.39, 0.29) is 23.4 Å². The van der Waals surface area contributed by atoms with Crippen molar-refractivity contribution in [3.63, 3.8) is 0 Å². The van der Waals surface area contributed by atoms with Crippen LogP contribution in [0.25, 0.3) is 0 Å². The summed E-state index contributed by atoms with van der Waals surface area (Å²) in [7, 11) is 1.67. The zero-order chi connectivity index (χ0) is 18.1. The van der Waals surface area contributed by atoms with Crippen LogP contribution in [0.2, 0.25) is 0 Å². The number of hydrogen-bond donors (Lipinski definition) is 0. The van der Waals surface area contributed by atoms with Gasteiger partial charge in [0, 0.05) is 57.0 Å². The molecule has 6 nitrogen and oxygen atoms in total. The lowest BCUT2D eigenvalue weighted by molar-refractivity contribution is -0.141. The topological polar surface area (TPSA) is 62.6 Å². The molecule has 0 spiro atoms. The number of carbonyl (C=O) groups excluding carboxylic acids is 2. The third-order valence-corrected chi connectivity index (χ3v) is 5.34. The third kappa shape index (κ3) is 3.62. The first-order chi connectivity index (χ1) is 11.9. The SMILES string of the molecule is CC(C)CN1C(=O)CC[C@H]2CN(C(=O)c3ccn(C)c(=O)c3)CC[C@H]21. The van der Waals surface area contributed by atoms with Crippen LogP contribution in [0.3, 0.4) is 0 Å². The summed E-state index contributed by atoms with van der Waals surface area (Å²) in [6, 6.07) is 3.35. The van der Waals surface area contributed by atoms with E-state index in [1.54, 1.807) is 19.3 Å². The average Bonchev–Trinajstić information content (AvgIpc) is 2.58. The number of amides is 2. The molecule has 136 valence electrons. The first-order valence-corrected chi connectivity index (χ1v) is 9.12. The molecule has 0 aromatic carbocycles. The molecule has 1 aromatic rings. The summed E-state index contributed by atoms with van der Waals surface area (Å²) in [4.78, 5) is 40.7. The molecule has 2 fully saturated rings. The summed E-state index contributed by atoms with van der Waals surface area (Å²) in [6.07, 6.45) is 3.87. The number of fused-ring (bicyclic) bond motifs is 1. The Kier molecular flexibility index (Phi) is 4.97. The Morgan fingerprint density at radius 3 is 2.72 bits per heavy atom. The number of aromatic nitrogens is 1. The normalized spacial score (nSPS) is 23.8. The molecular weight excluding hydrogens is 318 g/mol.